The third kappa shape index (κ3) is 5.28. The van der Waals surface area contributed by atoms with Gasteiger partial charge < -0.3 is 15.4 Å². The number of nitrogens with one attached hydrogen (secondary N) is 2. The van der Waals surface area contributed by atoms with E-state index in [4.69, 9.17) is 9.73 Å². The number of aryl methyl sites for hydroxylation is 1. The lowest BCUT2D eigenvalue weighted by Crippen LogP contribution is -2.47. The molecule has 0 bridgehead atoms. The van der Waals surface area contributed by atoms with Crippen molar-refractivity contribution >= 4 is 5.96 Å². The van der Waals surface area contributed by atoms with Crippen LogP contribution in [0.4, 0.5) is 4.39 Å². The van der Waals surface area contributed by atoms with E-state index in [1.165, 1.54) is 12.5 Å². The molecule has 1 fully saturated rings. The summed E-state index contributed by atoms with van der Waals surface area (Å²) in [6.07, 6.45) is 7.52. The van der Waals surface area contributed by atoms with Gasteiger partial charge in [0, 0.05) is 31.5 Å². The predicted octanol–water partition coefficient (Wildman–Crippen LogP) is 3.34. The Labute approximate surface area is 189 Å². The molecule has 2 aliphatic rings. The first-order valence-corrected chi connectivity index (χ1v) is 11.8. The smallest absolute Gasteiger partial charge is 0.191 e. The lowest BCUT2D eigenvalue weighted by atomic mass is 9.69. The molecule has 2 aromatic rings. The molecule has 1 unspecified atom stereocenters. The van der Waals surface area contributed by atoms with Crippen molar-refractivity contribution < 1.29 is 9.13 Å². The molecule has 8 heteroatoms. The lowest BCUT2D eigenvalue weighted by molar-refractivity contribution is 0.177. The number of ether oxygens (including phenoxy) is 1. The van der Waals surface area contributed by atoms with Crippen molar-refractivity contribution in [2.24, 2.45) is 4.99 Å². The van der Waals surface area contributed by atoms with E-state index in [1.807, 2.05) is 10.7 Å². The van der Waals surface area contributed by atoms with Gasteiger partial charge in [0.1, 0.15) is 18.2 Å². The van der Waals surface area contributed by atoms with E-state index in [2.05, 4.69) is 33.7 Å². The summed E-state index contributed by atoms with van der Waals surface area (Å²) >= 11 is 0. The molecule has 1 aromatic heterocycles. The van der Waals surface area contributed by atoms with Crippen molar-refractivity contribution in [3.63, 3.8) is 0 Å². The van der Waals surface area contributed by atoms with Crippen LogP contribution in [0, 0.1) is 5.82 Å². The molecule has 1 aliphatic carbocycles. The second-order valence-corrected chi connectivity index (χ2v) is 8.99. The summed E-state index contributed by atoms with van der Waals surface area (Å²) in [6, 6.07) is 7.34. The van der Waals surface area contributed by atoms with Gasteiger partial charge in [-0.3, -0.25) is 4.99 Å². The van der Waals surface area contributed by atoms with Crippen molar-refractivity contribution in [3.8, 4) is 0 Å². The first-order chi connectivity index (χ1) is 15.6. The summed E-state index contributed by atoms with van der Waals surface area (Å²) in [4.78, 5) is 9.57. The quantitative estimate of drug-likeness (QED) is 0.508. The predicted molar refractivity (Wildman–Crippen MR) is 123 cm³/mol. The van der Waals surface area contributed by atoms with Crippen LogP contribution in [0.1, 0.15) is 62.7 Å². The Hall–Kier alpha value is -2.48. The van der Waals surface area contributed by atoms with E-state index in [-0.39, 0.29) is 17.3 Å². The maximum absolute atomic E-state index is 14.0. The Morgan fingerprint density at radius 1 is 1.31 bits per heavy atom. The second-order valence-electron chi connectivity index (χ2n) is 8.99. The average Bonchev–Trinajstić information content (AvgIpc) is 3.20. The molecule has 1 aromatic carbocycles. The molecular formula is C24H35FN6O. The molecule has 2 heterocycles. The fourth-order valence-electron chi connectivity index (χ4n) is 5.00. The minimum atomic E-state index is -0.167. The molecule has 0 saturated heterocycles. The molecule has 2 N–H and O–H groups in total. The number of nitrogens with zero attached hydrogens (tertiary/aromatic N) is 4. The van der Waals surface area contributed by atoms with Crippen LogP contribution in [0.2, 0.25) is 0 Å². The van der Waals surface area contributed by atoms with Gasteiger partial charge in [0.05, 0.1) is 13.1 Å². The van der Waals surface area contributed by atoms with E-state index in [0.29, 0.717) is 13.2 Å². The number of halogens is 1. The maximum Gasteiger partial charge on any atom is 0.191 e. The van der Waals surface area contributed by atoms with Crippen LogP contribution in [-0.2, 0) is 29.7 Å². The zero-order valence-electron chi connectivity index (χ0n) is 19.2. The van der Waals surface area contributed by atoms with Crippen LogP contribution in [0.15, 0.2) is 29.3 Å². The molecule has 174 valence electrons. The number of aliphatic imine (C=N–C) groups is 1. The van der Waals surface area contributed by atoms with Crippen LogP contribution in [0.5, 0.6) is 0 Å². The number of fused-ring (bicyclic) bond motifs is 1. The highest BCUT2D eigenvalue weighted by Crippen LogP contribution is 2.40. The number of hydrogen-bond acceptors (Lipinski definition) is 4. The van der Waals surface area contributed by atoms with Gasteiger partial charge in [0.2, 0.25) is 0 Å². The maximum atomic E-state index is 14.0. The largest absolute Gasteiger partial charge is 0.377 e. The number of rotatable bonds is 7. The highest BCUT2D eigenvalue weighted by atomic mass is 19.1. The van der Waals surface area contributed by atoms with Crippen LogP contribution in [0.3, 0.4) is 0 Å². The number of aromatic nitrogens is 3. The minimum Gasteiger partial charge on any atom is -0.377 e. The van der Waals surface area contributed by atoms with Gasteiger partial charge in [-0.25, -0.2) is 14.1 Å². The summed E-state index contributed by atoms with van der Waals surface area (Å²) in [6.45, 7) is 4.71. The highest BCUT2D eigenvalue weighted by molar-refractivity contribution is 5.80. The van der Waals surface area contributed by atoms with E-state index >= 15 is 0 Å². The number of methoxy groups -OCH3 is 1. The first-order valence-electron chi connectivity index (χ1n) is 11.8. The molecule has 1 saturated carbocycles. The van der Waals surface area contributed by atoms with Crippen molar-refractivity contribution in [2.75, 3.05) is 20.2 Å². The molecule has 0 amide bonds. The Morgan fingerprint density at radius 3 is 2.91 bits per heavy atom. The summed E-state index contributed by atoms with van der Waals surface area (Å²) in [5, 5.41) is 11.6. The molecule has 4 rings (SSSR count). The third-order valence-corrected chi connectivity index (χ3v) is 6.65. The Kier molecular flexibility index (Phi) is 7.40. The number of benzene rings is 1. The van der Waals surface area contributed by atoms with Gasteiger partial charge >= 0.3 is 0 Å². The molecule has 32 heavy (non-hydrogen) atoms. The lowest BCUT2D eigenvalue weighted by Gasteiger charge is -2.37. The summed E-state index contributed by atoms with van der Waals surface area (Å²) in [5.41, 5.74) is 0.982. The monoisotopic (exact) mass is 442 g/mol. The number of guanidine groups is 1. The fraction of sp³-hybridized carbons (Fsp3) is 0.625. The Bertz CT molecular complexity index is 921. The van der Waals surface area contributed by atoms with Crippen molar-refractivity contribution in [1.82, 2.24) is 25.4 Å². The number of hydrogen-bond donors (Lipinski definition) is 2. The first kappa shape index (κ1) is 22.7. The highest BCUT2D eigenvalue weighted by Gasteiger charge is 2.34. The van der Waals surface area contributed by atoms with Crippen LogP contribution in [0.25, 0.3) is 0 Å². The van der Waals surface area contributed by atoms with E-state index in [0.717, 1.165) is 74.8 Å². The SMILES string of the molecule is CCNC(=NCC1(c2cccc(F)c2)CCCCC1)NC1CCc2nc(COC)nn2C1. The van der Waals surface area contributed by atoms with E-state index in [1.54, 1.807) is 13.2 Å². The van der Waals surface area contributed by atoms with E-state index < -0.39 is 0 Å². The summed E-state index contributed by atoms with van der Waals surface area (Å²) < 4.78 is 21.2. The molecule has 0 radical (unpaired) electrons. The van der Waals surface area contributed by atoms with Crippen molar-refractivity contribution in [2.45, 2.75) is 76.5 Å². The van der Waals surface area contributed by atoms with Gasteiger partial charge in [0.25, 0.3) is 0 Å². The second kappa shape index (κ2) is 10.4. The molecular weight excluding hydrogens is 407 g/mol. The van der Waals surface area contributed by atoms with Crippen molar-refractivity contribution in [3.05, 3.63) is 47.3 Å². The Balaban J connectivity index is 1.48. The van der Waals surface area contributed by atoms with Gasteiger partial charge in [0.15, 0.2) is 11.8 Å². The summed E-state index contributed by atoms with van der Waals surface area (Å²) in [7, 11) is 1.66. The normalized spacial score (nSPS) is 20.6. The van der Waals surface area contributed by atoms with Crippen LogP contribution < -0.4 is 10.6 Å². The zero-order chi connectivity index (χ0) is 22.4. The molecule has 1 atom stereocenters. The van der Waals surface area contributed by atoms with Crippen LogP contribution in [-0.4, -0.2) is 47.0 Å². The van der Waals surface area contributed by atoms with Gasteiger partial charge in [-0.1, -0.05) is 31.4 Å². The van der Waals surface area contributed by atoms with Crippen molar-refractivity contribution in [1.29, 1.82) is 0 Å². The van der Waals surface area contributed by atoms with Gasteiger partial charge in [-0.15, -0.1) is 0 Å². The summed E-state index contributed by atoms with van der Waals surface area (Å²) in [5.74, 6) is 2.40. The minimum absolute atomic E-state index is 0.0939. The zero-order valence-corrected chi connectivity index (χ0v) is 19.2. The van der Waals surface area contributed by atoms with Gasteiger partial charge in [-0.05, 0) is 43.9 Å². The molecule has 1 aliphatic heterocycles. The standard InChI is InChI=1S/C24H35FN6O/c1-3-26-23(28-20-10-11-22-29-21(16-32-2)30-31(22)15-20)27-17-24(12-5-4-6-13-24)18-8-7-9-19(25)14-18/h7-9,14,20H,3-6,10-13,15-17H2,1-2H3,(H2,26,27,28). The third-order valence-electron chi connectivity index (χ3n) is 6.65. The van der Waals surface area contributed by atoms with Crippen LogP contribution >= 0.6 is 0 Å². The molecule has 0 spiro atoms. The fourth-order valence-corrected chi connectivity index (χ4v) is 5.00. The van der Waals surface area contributed by atoms with E-state index in [9.17, 15) is 4.39 Å². The topological polar surface area (TPSA) is 76.4 Å². The average molecular weight is 443 g/mol. The molecule has 7 nitrogen and oxygen atoms in total. The van der Waals surface area contributed by atoms with Gasteiger partial charge in [-0.2, -0.15) is 5.10 Å². The Morgan fingerprint density at radius 2 is 2.16 bits per heavy atom.